The number of carbonyl (C=O) groups is 2. The normalized spacial score (nSPS) is 9.85. The van der Waals surface area contributed by atoms with E-state index >= 15 is 0 Å². The van der Waals surface area contributed by atoms with E-state index in [1.807, 2.05) is 30.3 Å². The van der Waals surface area contributed by atoms with Crippen LogP contribution in [0.3, 0.4) is 0 Å². The third-order valence-corrected chi connectivity index (χ3v) is 2.89. The van der Waals surface area contributed by atoms with Gasteiger partial charge in [-0.15, -0.1) is 0 Å². The Morgan fingerprint density at radius 3 is 2.60 bits per heavy atom. The molecule has 2 aromatic carbocycles. The number of carbonyl (C=O) groups excluding carboxylic acids is 2. The summed E-state index contributed by atoms with van der Waals surface area (Å²) in [5.74, 6) is 0. The second kappa shape index (κ2) is 6.73. The van der Waals surface area contributed by atoms with Crippen molar-refractivity contribution in [1.82, 2.24) is 0 Å². The molecule has 0 saturated carbocycles. The first-order chi connectivity index (χ1) is 9.69. The number of nitrogens with one attached hydrogen (secondary N) is 1. The summed E-state index contributed by atoms with van der Waals surface area (Å²) < 4.78 is 5.07. The Bertz CT molecular complexity index is 614. The molecule has 4 nitrogen and oxygen atoms in total. The average Bonchev–Trinajstić information content (AvgIpc) is 2.48. The van der Waals surface area contributed by atoms with Gasteiger partial charge < -0.3 is 4.74 Å². The average molecular weight is 290 g/mol. The fourth-order valence-corrected chi connectivity index (χ4v) is 1.81. The molecule has 0 unspecified atom stereocenters. The summed E-state index contributed by atoms with van der Waals surface area (Å²) in [5, 5.41) is 2.81. The Labute approximate surface area is 121 Å². The first kappa shape index (κ1) is 14.1. The topological polar surface area (TPSA) is 55.4 Å². The lowest BCUT2D eigenvalue weighted by atomic mass is 10.2. The van der Waals surface area contributed by atoms with E-state index in [9.17, 15) is 9.59 Å². The smallest absolute Gasteiger partial charge is 0.412 e. The number of aldehydes is 1. The van der Waals surface area contributed by atoms with Gasteiger partial charge in [0.1, 0.15) is 12.9 Å². The van der Waals surface area contributed by atoms with E-state index in [2.05, 4.69) is 5.32 Å². The maximum absolute atomic E-state index is 11.6. The van der Waals surface area contributed by atoms with E-state index < -0.39 is 6.09 Å². The summed E-state index contributed by atoms with van der Waals surface area (Å²) in [4.78, 5) is 22.2. The van der Waals surface area contributed by atoms with Gasteiger partial charge in [0.05, 0.1) is 10.7 Å². The Morgan fingerprint density at radius 2 is 1.95 bits per heavy atom. The van der Waals surface area contributed by atoms with Gasteiger partial charge >= 0.3 is 6.09 Å². The standard InChI is InChI=1S/C15H12ClNO3/c16-13-8-12(9-18)6-7-14(13)17-15(19)20-10-11-4-2-1-3-5-11/h1-9H,10H2,(H,17,19). The summed E-state index contributed by atoms with van der Waals surface area (Å²) >= 11 is 5.94. The minimum Gasteiger partial charge on any atom is -0.444 e. The van der Waals surface area contributed by atoms with Gasteiger partial charge in [0.15, 0.2) is 0 Å². The molecule has 0 aliphatic heterocycles. The molecule has 0 bridgehead atoms. The summed E-state index contributed by atoms with van der Waals surface area (Å²) in [5.41, 5.74) is 1.73. The van der Waals surface area contributed by atoms with Gasteiger partial charge in [-0.25, -0.2) is 4.79 Å². The highest BCUT2D eigenvalue weighted by Gasteiger charge is 2.07. The number of anilines is 1. The molecule has 0 fully saturated rings. The predicted molar refractivity (Wildman–Crippen MR) is 77.1 cm³/mol. The highest BCUT2D eigenvalue weighted by molar-refractivity contribution is 6.33. The second-order valence-corrected chi connectivity index (χ2v) is 4.45. The van der Waals surface area contributed by atoms with Crippen LogP contribution in [-0.4, -0.2) is 12.4 Å². The van der Waals surface area contributed by atoms with Crippen molar-refractivity contribution in [1.29, 1.82) is 0 Å². The highest BCUT2D eigenvalue weighted by Crippen LogP contribution is 2.22. The Balaban J connectivity index is 1.93. The van der Waals surface area contributed by atoms with E-state index in [1.165, 1.54) is 6.07 Å². The molecular weight excluding hydrogens is 278 g/mol. The van der Waals surface area contributed by atoms with Crippen LogP contribution < -0.4 is 5.32 Å². The number of amides is 1. The number of hydrogen-bond donors (Lipinski definition) is 1. The molecule has 0 aliphatic carbocycles. The van der Waals surface area contributed by atoms with Crippen LogP contribution in [0.4, 0.5) is 10.5 Å². The zero-order valence-electron chi connectivity index (χ0n) is 10.5. The van der Waals surface area contributed by atoms with Gasteiger partial charge in [-0.05, 0) is 23.8 Å². The molecule has 1 N–H and O–H groups in total. The van der Waals surface area contributed by atoms with Crippen molar-refractivity contribution in [2.75, 3.05) is 5.32 Å². The summed E-state index contributed by atoms with van der Waals surface area (Å²) in [6.07, 6.45) is 0.0817. The quantitative estimate of drug-likeness (QED) is 0.869. The Hall–Kier alpha value is -2.33. The predicted octanol–water partition coefficient (Wildman–Crippen LogP) is 3.90. The molecule has 1 amide bonds. The maximum atomic E-state index is 11.6. The molecule has 20 heavy (non-hydrogen) atoms. The van der Waals surface area contributed by atoms with Crippen molar-refractivity contribution < 1.29 is 14.3 Å². The third kappa shape index (κ3) is 3.83. The van der Waals surface area contributed by atoms with Gasteiger partial charge in [0.2, 0.25) is 0 Å². The van der Waals surface area contributed by atoms with Crippen molar-refractivity contribution in [3.8, 4) is 0 Å². The Morgan fingerprint density at radius 1 is 1.20 bits per heavy atom. The van der Waals surface area contributed by atoms with Gasteiger partial charge in [-0.1, -0.05) is 41.9 Å². The minimum atomic E-state index is -0.602. The van der Waals surface area contributed by atoms with Crippen molar-refractivity contribution in [2.24, 2.45) is 0 Å². The van der Waals surface area contributed by atoms with Crippen LogP contribution in [0.15, 0.2) is 48.5 Å². The van der Waals surface area contributed by atoms with Gasteiger partial charge in [0, 0.05) is 5.56 Å². The van der Waals surface area contributed by atoms with Gasteiger partial charge in [0.25, 0.3) is 0 Å². The maximum Gasteiger partial charge on any atom is 0.412 e. The first-order valence-corrected chi connectivity index (χ1v) is 6.29. The zero-order valence-corrected chi connectivity index (χ0v) is 11.3. The van der Waals surface area contributed by atoms with Crippen LogP contribution in [0, 0.1) is 0 Å². The molecule has 102 valence electrons. The van der Waals surface area contributed by atoms with E-state index in [0.717, 1.165) is 5.56 Å². The first-order valence-electron chi connectivity index (χ1n) is 5.91. The third-order valence-electron chi connectivity index (χ3n) is 2.58. The van der Waals surface area contributed by atoms with Crippen LogP contribution in [0.1, 0.15) is 15.9 Å². The van der Waals surface area contributed by atoms with E-state index in [4.69, 9.17) is 16.3 Å². The van der Waals surface area contributed by atoms with Crippen molar-refractivity contribution in [3.05, 3.63) is 64.7 Å². The largest absolute Gasteiger partial charge is 0.444 e. The summed E-state index contributed by atoms with van der Waals surface area (Å²) in [6, 6.07) is 13.9. The minimum absolute atomic E-state index is 0.177. The van der Waals surface area contributed by atoms with Crippen molar-refractivity contribution in [3.63, 3.8) is 0 Å². The fourth-order valence-electron chi connectivity index (χ4n) is 1.58. The van der Waals surface area contributed by atoms with Crippen LogP contribution in [-0.2, 0) is 11.3 Å². The summed E-state index contributed by atoms with van der Waals surface area (Å²) in [6.45, 7) is 0.177. The van der Waals surface area contributed by atoms with Gasteiger partial charge in [-0.2, -0.15) is 0 Å². The molecule has 2 aromatic rings. The Kier molecular flexibility index (Phi) is 4.74. The van der Waals surface area contributed by atoms with Crippen LogP contribution >= 0.6 is 11.6 Å². The van der Waals surface area contributed by atoms with E-state index in [-0.39, 0.29) is 11.6 Å². The van der Waals surface area contributed by atoms with Crippen molar-refractivity contribution >= 4 is 29.7 Å². The molecule has 0 spiro atoms. The SMILES string of the molecule is O=Cc1ccc(NC(=O)OCc2ccccc2)c(Cl)c1. The number of ether oxygens (including phenoxy) is 1. The van der Waals surface area contributed by atoms with E-state index in [0.29, 0.717) is 17.5 Å². The molecule has 0 radical (unpaired) electrons. The van der Waals surface area contributed by atoms with Crippen LogP contribution in [0.25, 0.3) is 0 Å². The lowest BCUT2D eigenvalue weighted by Crippen LogP contribution is -2.13. The second-order valence-electron chi connectivity index (χ2n) is 4.04. The molecule has 2 rings (SSSR count). The van der Waals surface area contributed by atoms with Gasteiger partial charge in [-0.3, -0.25) is 10.1 Å². The summed E-state index contributed by atoms with van der Waals surface area (Å²) in [7, 11) is 0. The molecule has 0 saturated heterocycles. The number of benzene rings is 2. The molecule has 0 heterocycles. The fraction of sp³-hybridized carbons (Fsp3) is 0.0667. The lowest BCUT2D eigenvalue weighted by molar-refractivity contribution is 0.112. The molecule has 5 heteroatoms. The molecule has 0 aromatic heterocycles. The van der Waals surface area contributed by atoms with E-state index in [1.54, 1.807) is 12.1 Å². The van der Waals surface area contributed by atoms with Crippen LogP contribution in [0.2, 0.25) is 5.02 Å². The van der Waals surface area contributed by atoms with Crippen LogP contribution in [0.5, 0.6) is 0 Å². The lowest BCUT2D eigenvalue weighted by Gasteiger charge is -2.08. The monoisotopic (exact) mass is 289 g/mol. The number of hydrogen-bond acceptors (Lipinski definition) is 3. The number of halogens is 1. The molecule has 0 aliphatic rings. The molecule has 0 atom stereocenters. The number of rotatable bonds is 4. The highest BCUT2D eigenvalue weighted by atomic mass is 35.5. The molecular formula is C15H12ClNO3. The zero-order chi connectivity index (χ0) is 14.4. The van der Waals surface area contributed by atoms with Crippen molar-refractivity contribution in [2.45, 2.75) is 6.61 Å².